The van der Waals surface area contributed by atoms with Crippen molar-refractivity contribution < 1.29 is 9.90 Å². The molecule has 0 aliphatic rings. The van der Waals surface area contributed by atoms with Crippen LogP contribution in [-0.4, -0.2) is 10.9 Å². The van der Waals surface area contributed by atoms with Crippen LogP contribution in [0.5, 0.6) is 5.75 Å². The third-order valence-electron chi connectivity index (χ3n) is 2.71. The Balaban J connectivity index is 2.25. The Bertz CT molecular complexity index is 609. The van der Waals surface area contributed by atoms with Gasteiger partial charge in [0.15, 0.2) is 5.78 Å². The number of carbonyl (C=O) groups excluding carboxylic acids is 1. The Kier molecular flexibility index (Phi) is 3.63. The summed E-state index contributed by atoms with van der Waals surface area (Å²) in [5.41, 5.74) is 2.45. The molecule has 2 rings (SSSR count). The number of rotatable bonds is 3. The Labute approximate surface area is 110 Å². The van der Waals surface area contributed by atoms with Crippen LogP contribution in [0, 0.1) is 13.8 Å². The summed E-state index contributed by atoms with van der Waals surface area (Å²) >= 11 is 1.59. The van der Waals surface area contributed by atoms with Crippen LogP contribution >= 0.6 is 11.3 Å². The fourth-order valence-corrected chi connectivity index (χ4v) is 2.46. The van der Waals surface area contributed by atoms with E-state index in [-0.39, 0.29) is 11.5 Å². The second-order valence-electron chi connectivity index (χ2n) is 4.19. The first kappa shape index (κ1) is 12.6. The Hall–Kier alpha value is -1.87. The van der Waals surface area contributed by atoms with E-state index in [0.717, 1.165) is 16.0 Å². The molecule has 2 nitrogen and oxygen atoms in total. The number of phenolic OH excluding ortho intramolecular Hbond substituents is 1. The van der Waals surface area contributed by atoms with E-state index in [9.17, 15) is 9.90 Å². The summed E-state index contributed by atoms with van der Waals surface area (Å²) in [6.07, 6.45) is 3.30. The summed E-state index contributed by atoms with van der Waals surface area (Å²) in [7, 11) is 0. The van der Waals surface area contributed by atoms with Crippen molar-refractivity contribution in [2.24, 2.45) is 0 Å². The molecule has 0 saturated heterocycles. The molecule has 1 aromatic heterocycles. The van der Waals surface area contributed by atoms with Crippen LogP contribution < -0.4 is 0 Å². The maximum atomic E-state index is 12.0. The SMILES string of the molecule is Cc1ccc(O)c(C(=O)/C=C/c2sccc2C)c1. The zero-order valence-corrected chi connectivity index (χ0v) is 11.1. The van der Waals surface area contributed by atoms with Crippen molar-refractivity contribution in [1.82, 2.24) is 0 Å². The second kappa shape index (κ2) is 5.19. The molecule has 0 atom stereocenters. The molecule has 0 spiro atoms. The number of aryl methyl sites for hydroxylation is 2. The van der Waals surface area contributed by atoms with Gasteiger partial charge in [0.25, 0.3) is 0 Å². The van der Waals surface area contributed by atoms with Crippen LogP contribution in [0.4, 0.5) is 0 Å². The Morgan fingerprint density at radius 2 is 2.06 bits per heavy atom. The Morgan fingerprint density at radius 3 is 2.72 bits per heavy atom. The van der Waals surface area contributed by atoms with Crippen molar-refractivity contribution in [3.05, 3.63) is 57.3 Å². The van der Waals surface area contributed by atoms with Gasteiger partial charge in [-0.3, -0.25) is 4.79 Å². The molecule has 0 radical (unpaired) electrons. The predicted molar refractivity (Wildman–Crippen MR) is 75.3 cm³/mol. The minimum atomic E-state index is -0.177. The quantitative estimate of drug-likeness (QED) is 0.668. The maximum Gasteiger partial charge on any atom is 0.189 e. The summed E-state index contributed by atoms with van der Waals surface area (Å²) in [6, 6.07) is 7.04. The minimum absolute atomic E-state index is 0.0261. The van der Waals surface area contributed by atoms with Crippen molar-refractivity contribution >= 4 is 23.2 Å². The van der Waals surface area contributed by atoms with Gasteiger partial charge in [-0.2, -0.15) is 0 Å². The van der Waals surface area contributed by atoms with E-state index >= 15 is 0 Å². The molecule has 0 aliphatic carbocycles. The average molecular weight is 258 g/mol. The van der Waals surface area contributed by atoms with Crippen LogP contribution in [0.15, 0.2) is 35.7 Å². The first-order valence-corrected chi connectivity index (χ1v) is 6.52. The van der Waals surface area contributed by atoms with E-state index < -0.39 is 0 Å². The van der Waals surface area contributed by atoms with E-state index in [0.29, 0.717) is 5.56 Å². The number of hydrogen-bond donors (Lipinski definition) is 1. The van der Waals surface area contributed by atoms with E-state index in [1.54, 1.807) is 35.6 Å². The topological polar surface area (TPSA) is 37.3 Å². The highest BCUT2D eigenvalue weighted by molar-refractivity contribution is 7.11. The smallest absolute Gasteiger partial charge is 0.189 e. The van der Waals surface area contributed by atoms with Gasteiger partial charge in [-0.25, -0.2) is 0 Å². The molecule has 0 saturated carbocycles. The predicted octanol–water partition coefficient (Wildman–Crippen LogP) is 3.97. The molecular weight excluding hydrogens is 244 g/mol. The molecular formula is C15H14O2S. The monoisotopic (exact) mass is 258 g/mol. The van der Waals surface area contributed by atoms with Gasteiger partial charge >= 0.3 is 0 Å². The molecule has 0 bridgehead atoms. The molecule has 0 unspecified atom stereocenters. The van der Waals surface area contributed by atoms with Crippen molar-refractivity contribution in [2.75, 3.05) is 0 Å². The second-order valence-corrected chi connectivity index (χ2v) is 5.13. The fourth-order valence-electron chi connectivity index (χ4n) is 1.64. The lowest BCUT2D eigenvalue weighted by molar-refractivity contribution is 0.104. The summed E-state index contributed by atoms with van der Waals surface area (Å²) in [5.74, 6) is -0.151. The van der Waals surface area contributed by atoms with Gasteiger partial charge < -0.3 is 5.11 Å². The van der Waals surface area contributed by atoms with Crippen molar-refractivity contribution in [2.45, 2.75) is 13.8 Å². The number of benzene rings is 1. The largest absolute Gasteiger partial charge is 0.507 e. The minimum Gasteiger partial charge on any atom is -0.507 e. The highest BCUT2D eigenvalue weighted by atomic mass is 32.1. The van der Waals surface area contributed by atoms with Crippen molar-refractivity contribution in [3.8, 4) is 5.75 Å². The van der Waals surface area contributed by atoms with Crippen LogP contribution in [0.3, 0.4) is 0 Å². The normalized spacial score (nSPS) is 11.0. The molecule has 0 fully saturated rings. The summed E-state index contributed by atoms with van der Waals surface area (Å²) in [4.78, 5) is 13.0. The molecule has 0 amide bonds. The van der Waals surface area contributed by atoms with Gasteiger partial charge in [0.1, 0.15) is 5.75 Å². The number of phenols is 1. The third kappa shape index (κ3) is 2.68. The fraction of sp³-hybridized carbons (Fsp3) is 0.133. The lowest BCUT2D eigenvalue weighted by atomic mass is 10.1. The first-order valence-electron chi connectivity index (χ1n) is 5.64. The highest BCUT2D eigenvalue weighted by Gasteiger charge is 2.08. The summed E-state index contributed by atoms with van der Waals surface area (Å²) < 4.78 is 0. The van der Waals surface area contributed by atoms with Crippen LogP contribution in [0.2, 0.25) is 0 Å². The number of allylic oxidation sites excluding steroid dienone is 1. The lowest BCUT2D eigenvalue weighted by Crippen LogP contribution is -1.95. The molecule has 18 heavy (non-hydrogen) atoms. The van der Waals surface area contributed by atoms with E-state index in [1.165, 1.54) is 6.08 Å². The van der Waals surface area contributed by atoms with Crippen LogP contribution in [0.1, 0.15) is 26.4 Å². The molecule has 1 heterocycles. The van der Waals surface area contributed by atoms with Crippen LogP contribution in [-0.2, 0) is 0 Å². The van der Waals surface area contributed by atoms with Gasteiger partial charge in [0.05, 0.1) is 5.56 Å². The summed E-state index contributed by atoms with van der Waals surface area (Å²) in [5, 5.41) is 11.7. The lowest BCUT2D eigenvalue weighted by Gasteiger charge is -2.01. The van der Waals surface area contributed by atoms with E-state index in [4.69, 9.17) is 0 Å². The van der Waals surface area contributed by atoms with Crippen LogP contribution in [0.25, 0.3) is 6.08 Å². The molecule has 0 aliphatic heterocycles. The molecule has 1 N–H and O–H groups in total. The van der Waals surface area contributed by atoms with Crippen molar-refractivity contribution in [3.63, 3.8) is 0 Å². The number of thiophene rings is 1. The van der Waals surface area contributed by atoms with Gasteiger partial charge in [0, 0.05) is 4.88 Å². The number of aromatic hydroxyl groups is 1. The van der Waals surface area contributed by atoms with E-state index in [1.807, 2.05) is 25.3 Å². The number of ketones is 1. The zero-order valence-electron chi connectivity index (χ0n) is 10.3. The van der Waals surface area contributed by atoms with Gasteiger partial charge in [-0.15, -0.1) is 11.3 Å². The number of carbonyl (C=O) groups is 1. The van der Waals surface area contributed by atoms with Gasteiger partial charge in [-0.1, -0.05) is 11.6 Å². The third-order valence-corrected chi connectivity index (χ3v) is 3.69. The Morgan fingerprint density at radius 1 is 1.28 bits per heavy atom. The standard InChI is InChI=1S/C15H14O2S/c1-10-3-4-13(16)12(9-10)14(17)5-6-15-11(2)7-8-18-15/h3-9,16H,1-2H3/b6-5+. The molecule has 3 heteroatoms. The highest BCUT2D eigenvalue weighted by Crippen LogP contribution is 2.21. The van der Waals surface area contributed by atoms with Gasteiger partial charge in [-0.05, 0) is 55.1 Å². The van der Waals surface area contributed by atoms with E-state index in [2.05, 4.69) is 0 Å². The average Bonchev–Trinajstić information content (AvgIpc) is 2.75. The van der Waals surface area contributed by atoms with Gasteiger partial charge in [0.2, 0.25) is 0 Å². The molecule has 92 valence electrons. The zero-order chi connectivity index (χ0) is 13.1. The van der Waals surface area contributed by atoms with Crippen molar-refractivity contribution in [1.29, 1.82) is 0 Å². The number of hydrogen-bond acceptors (Lipinski definition) is 3. The first-order chi connectivity index (χ1) is 8.58. The molecule has 2 aromatic rings. The molecule has 1 aromatic carbocycles. The summed E-state index contributed by atoms with van der Waals surface area (Å²) in [6.45, 7) is 3.90. The maximum absolute atomic E-state index is 12.0.